The number of phenols is 1. The molecule has 2 nitrogen and oxygen atoms in total. The average molecular weight is 326 g/mol. The molecule has 3 aromatic rings. The van der Waals surface area contributed by atoms with E-state index in [0.29, 0.717) is 5.56 Å². The molecule has 0 aliphatic carbocycles. The molecule has 0 atom stereocenters. The van der Waals surface area contributed by atoms with Crippen molar-refractivity contribution in [3.05, 3.63) is 70.7 Å². The van der Waals surface area contributed by atoms with E-state index in [-0.39, 0.29) is 5.75 Å². The van der Waals surface area contributed by atoms with Crippen molar-refractivity contribution in [1.82, 2.24) is 0 Å². The zero-order chi connectivity index (χ0) is 13.9. The van der Waals surface area contributed by atoms with Crippen LogP contribution >= 0.6 is 15.9 Å². The number of rotatable bonds is 2. The second-order valence-corrected chi connectivity index (χ2v) is 5.28. The van der Waals surface area contributed by atoms with Crippen molar-refractivity contribution < 1.29 is 5.11 Å². The van der Waals surface area contributed by atoms with Crippen LogP contribution in [0, 0.1) is 0 Å². The van der Waals surface area contributed by atoms with E-state index >= 15 is 0 Å². The maximum Gasteiger partial charge on any atom is 0.124 e. The largest absolute Gasteiger partial charge is 0.507 e. The summed E-state index contributed by atoms with van der Waals surface area (Å²) >= 11 is 3.55. The Balaban J connectivity index is 2.08. The first-order chi connectivity index (χ1) is 9.75. The van der Waals surface area contributed by atoms with E-state index in [1.54, 1.807) is 18.3 Å². The first kappa shape index (κ1) is 12.9. The number of aromatic hydroxyl groups is 1. The van der Waals surface area contributed by atoms with Crippen LogP contribution in [0.4, 0.5) is 5.69 Å². The number of para-hydroxylation sites is 1. The van der Waals surface area contributed by atoms with Crippen LogP contribution in [0.2, 0.25) is 0 Å². The van der Waals surface area contributed by atoms with Crippen molar-refractivity contribution in [2.24, 2.45) is 4.99 Å². The van der Waals surface area contributed by atoms with Crippen LogP contribution in [0.1, 0.15) is 5.56 Å². The monoisotopic (exact) mass is 325 g/mol. The van der Waals surface area contributed by atoms with E-state index < -0.39 is 0 Å². The minimum Gasteiger partial charge on any atom is -0.507 e. The van der Waals surface area contributed by atoms with E-state index in [4.69, 9.17) is 0 Å². The van der Waals surface area contributed by atoms with Gasteiger partial charge in [0.25, 0.3) is 0 Å². The Bertz CT molecular complexity index is 796. The minimum atomic E-state index is 0.234. The Morgan fingerprint density at radius 1 is 0.850 bits per heavy atom. The van der Waals surface area contributed by atoms with Crippen molar-refractivity contribution in [2.45, 2.75) is 0 Å². The summed E-state index contributed by atoms with van der Waals surface area (Å²) in [5, 5.41) is 11.9. The Morgan fingerprint density at radius 3 is 2.35 bits per heavy atom. The van der Waals surface area contributed by atoms with E-state index in [1.165, 1.54) is 0 Å². The summed E-state index contributed by atoms with van der Waals surface area (Å²) < 4.78 is 1.05. The molecule has 3 heteroatoms. The van der Waals surface area contributed by atoms with Crippen molar-refractivity contribution in [3.63, 3.8) is 0 Å². The Morgan fingerprint density at radius 2 is 1.55 bits per heavy atom. The van der Waals surface area contributed by atoms with Crippen molar-refractivity contribution in [1.29, 1.82) is 0 Å². The van der Waals surface area contributed by atoms with Gasteiger partial charge in [-0.3, -0.25) is 4.99 Å². The molecule has 0 spiro atoms. The van der Waals surface area contributed by atoms with Crippen molar-refractivity contribution >= 4 is 38.6 Å². The van der Waals surface area contributed by atoms with E-state index in [9.17, 15) is 5.11 Å². The third-order valence-electron chi connectivity index (χ3n) is 3.13. The first-order valence-electron chi connectivity index (χ1n) is 6.25. The van der Waals surface area contributed by atoms with Gasteiger partial charge >= 0.3 is 0 Å². The van der Waals surface area contributed by atoms with Gasteiger partial charge in [-0.1, -0.05) is 52.3 Å². The Kier molecular flexibility index (Phi) is 3.52. The molecule has 0 fully saturated rings. The normalized spacial score (nSPS) is 11.2. The van der Waals surface area contributed by atoms with Gasteiger partial charge in [0.15, 0.2) is 0 Å². The topological polar surface area (TPSA) is 32.6 Å². The van der Waals surface area contributed by atoms with Gasteiger partial charge in [-0.25, -0.2) is 0 Å². The Labute approximate surface area is 125 Å². The molecule has 0 aliphatic rings. The van der Waals surface area contributed by atoms with E-state index in [0.717, 1.165) is 20.9 Å². The van der Waals surface area contributed by atoms with Crippen LogP contribution in [0.15, 0.2) is 70.1 Å². The lowest BCUT2D eigenvalue weighted by Gasteiger charge is -2.04. The predicted molar refractivity (Wildman–Crippen MR) is 87.0 cm³/mol. The van der Waals surface area contributed by atoms with E-state index in [2.05, 4.69) is 27.0 Å². The highest BCUT2D eigenvalue weighted by molar-refractivity contribution is 9.10. The number of phenolic OH excluding ortho intramolecular Hbond substituents is 1. The lowest BCUT2D eigenvalue weighted by Crippen LogP contribution is -1.82. The Hall–Kier alpha value is -2.13. The molecular weight excluding hydrogens is 314 g/mol. The van der Waals surface area contributed by atoms with Gasteiger partial charge in [0.2, 0.25) is 0 Å². The molecule has 0 amide bonds. The molecule has 0 unspecified atom stereocenters. The molecule has 0 heterocycles. The molecule has 0 radical (unpaired) electrons. The molecule has 0 saturated carbocycles. The second-order valence-electron chi connectivity index (χ2n) is 4.43. The smallest absolute Gasteiger partial charge is 0.124 e. The second kappa shape index (κ2) is 5.47. The van der Waals surface area contributed by atoms with Gasteiger partial charge in [0.1, 0.15) is 5.75 Å². The number of fused-ring (bicyclic) bond motifs is 1. The molecule has 3 aromatic carbocycles. The SMILES string of the molecule is Oc1ccccc1C=Nc1ccc(Br)c2ccccc12. The van der Waals surface area contributed by atoms with Crippen LogP contribution in [-0.2, 0) is 0 Å². The van der Waals surface area contributed by atoms with Gasteiger partial charge in [-0.2, -0.15) is 0 Å². The summed E-state index contributed by atoms with van der Waals surface area (Å²) in [6, 6.07) is 19.2. The molecule has 1 N–H and O–H groups in total. The molecule has 0 aliphatic heterocycles. The maximum atomic E-state index is 9.75. The molecule has 20 heavy (non-hydrogen) atoms. The van der Waals surface area contributed by atoms with Crippen LogP contribution < -0.4 is 0 Å². The highest BCUT2D eigenvalue weighted by atomic mass is 79.9. The average Bonchev–Trinajstić information content (AvgIpc) is 2.48. The quantitative estimate of drug-likeness (QED) is 0.656. The van der Waals surface area contributed by atoms with Gasteiger partial charge in [-0.15, -0.1) is 0 Å². The predicted octanol–water partition coefficient (Wildman–Crippen LogP) is 5.06. The van der Waals surface area contributed by atoms with Crippen LogP contribution in [0.3, 0.4) is 0 Å². The number of halogens is 1. The molecule has 3 rings (SSSR count). The number of benzene rings is 3. The molecule has 0 saturated heterocycles. The minimum absolute atomic E-state index is 0.234. The third kappa shape index (κ3) is 2.45. The summed E-state index contributed by atoms with van der Waals surface area (Å²) in [7, 11) is 0. The van der Waals surface area contributed by atoms with Gasteiger partial charge in [0.05, 0.1) is 5.69 Å². The van der Waals surface area contributed by atoms with Crippen LogP contribution in [0.5, 0.6) is 5.75 Å². The number of aliphatic imine (C=N–C) groups is 1. The molecule has 0 aromatic heterocycles. The van der Waals surface area contributed by atoms with E-state index in [1.807, 2.05) is 42.5 Å². The molecule has 0 bridgehead atoms. The third-order valence-corrected chi connectivity index (χ3v) is 3.82. The fraction of sp³-hybridized carbons (Fsp3) is 0. The van der Waals surface area contributed by atoms with Gasteiger partial charge in [0, 0.05) is 21.6 Å². The zero-order valence-corrected chi connectivity index (χ0v) is 12.2. The summed E-state index contributed by atoms with van der Waals surface area (Å²) in [5.41, 5.74) is 1.59. The van der Waals surface area contributed by atoms with Crippen LogP contribution in [-0.4, -0.2) is 11.3 Å². The lowest BCUT2D eigenvalue weighted by molar-refractivity contribution is 0.474. The fourth-order valence-corrected chi connectivity index (χ4v) is 2.57. The number of hydrogen-bond donors (Lipinski definition) is 1. The molecule has 98 valence electrons. The zero-order valence-electron chi connectivity index (χ0n) is 10.6. The first-order valence-corrected chi connectivity index (χ1v) is 7.04. The van der Waals surface area contributed by atoms with Gasteiger partial charge < -0.3 is 5.11 Å². The summed E-state index contributed by atoms with van der Waals surface area (Å²) in [5.74, 6) is 0.234. The number of nitrogens with zero attached hydrogens (tertiary/aromatic N) is 1. The maximum absolute atomic E-state index is 9.75. The highest BCUT2D eigenvalue weighted by Crippen LogP contribution is 2.31. The fourth-order valence-electron chi connectivity index (χ4n) is 2.09. The summed E-state index contributed by atoms with van der Waals surface area (Å²) in [6.45, 7) is 0. The summed E-state index contributed by atoms with van der Waals surface area (Å²) in [6.07, 6.45) is 1.69. The highest BCUT2D eigenvalue weighted by Gasteiger charge is 2.02. The van der Waals surface area contributed by atoms with Crippen molar-refractivity contribution in [2.75, 3.05) is 0 Å². The summed E-state index contributed by atoms with van der Waals surface area (Å²) in [4.78, 5) is 4.50. The lowest BCUT2D eigenvalue weighted by atomic mass is 10.1. The standard InChI is InChI=1S/C17H12BrNO/c18-15-9-10-16(14-7-3-2-6-13(14)15)19-11-12-5-1-4-8-17(12)20/h1-11,20H. The number of hydrogen-bond acceptors (Lipinski definition) is 2. The van der Waals surface area contributed by atoms with Crippen molar-refractivity contribution in [3.8, 4) is 5.75 Å². The molecular formula is C17H12BrNO. The van der Waals surface area contributed by atoms with Crippen LogP contribution in [0.25, 0.3) is 10.8 Å². The van der Waals surface area contributed by atoms with Gasteiger partial charge in [-0.05, 0) is 29.7 Å².